The summed E-state index contributed by atoms with van der Waals surface area (Å²) in [5.74, 6) is -1.89. The Morgan fingerprint density at radius 2 is 2.06 bits per heavy atom. The van der Waals surface area contributed by atoms with Gasteiger partial charge in [-0.1, -0.05) is 13.0 Å². The fraction of sp³-hybridized carbons (Fsp3) is 0.273. The number of aliphatic carboxylic acids is 1. The highest BCUT2D eigenvalue weighted by molar-refractivity contribution is 8.00. The van der Waals surface area contributed by atoms with Crippen LogP contribution in [0.4, 0.5) is 0 Å². The fourth-order valence-corrected chi connectivity index (χ4v) is 2.12. The standard InChI is InChI=1S/C11H12O4S/c1-2-9(11(14)15)16-8-5-3-4-7(6-8)10(12)13/h3-6,9H,2H2,1H3,(H,12,13)(H,14,15)/t9-/m1/s1. The van der Waals surface area contributed by atoms with Crippen LogP contribution >= 0.6 is 11.8 Å². The molecule has 1 rings (SSSR count). The molecular weight excluding hydrogens is 228 g/mol. The third kappa shape index (κ3) is 3.27. The predicted molar refractivity (Wildman–Crippen MR) is 61.0 cm³/mol. The smallest absolute Gasteiger partial charge is 0.335 e. The van der Waals surface area contributed by atoms with Gasteiger partial charge in [0.15, 0.2) is 0 Å². The number of carboxylic acids is 2. The Labute approximate surface area is 97.3 Å². The molecule has 0 amide bonds. The van der Waals surface area contributed by atoms with E-state index < -0.39 is 17.2 Å². The highest BCUT2D eigenvalue weighted by Crippen LogP contribution is 2.26. The van der Waals surface area contributed by atoms with E-state index in [1.54, 1.807) is 19.1 Å². The van der Waals surface area contributed by atoms with Crippen molar-refractivity contribution in [2.45, 2.75) is 23.5 Å². The van der Waals surface area contributed by atoms with Crippen LogP contribution < -0.4 is 0 Å². The maximum Gasteiger partial charge on any atom is 0.335 e. The van der Waals surface area contributed by atoms with E-state index in [4.69, 9.17) is 10.2 Å². The van der Waals surface area contributed by atoms with E-state index in [0.717, 1.165) is 0 Å². The molecule has 0 saturated heterocycles. The van der Waals surface area contributed by atoms with E-state index in [9.17, 15) is 9.59 Å². The van der Waals surface area contributed by atoms with Crippen LogP contribution in [0.3, 0.4) is 0 Å². The van der Waals surface area contributed by atoms with Crippen molar-refractivity contribution in [1.29, 1.82) is 0 Å². The van der Waals surface area contributed by atoms with Crippen LogP contribution in [0.5, 0.6) is 0 Å². The first-order valence-corrected chi connectivity index (χ1v) is 5.65. The maximum absolute atomic E-state index is 10.8. The average Bonchev–Trinajstić information content (AvgIpc) is 2.25. The van der Waals surface area contributed by atoms with Gasteiger partial charge in [0.2, 0.25) is 0 Å². The fourth-order valence-electron chi connectivity index (χ4n) is 1.18. The van der Waals surface area contributed by atoms with Crippen LogP contribution in [0, 0.1) is 0 Å². The molecule has 5 heteroatoms. The van der Waals surface area contributed by atoms with Crippen LogP contribution in [-0.2, 0) is 4.79 Å². The number of rotatable bonds is 5. The Morgan fingerprint density at radius 3 is 2.56 bits per heavy atom. The van der Waals surface area contributed by atoms with Gasteiger partial charge in [0.05, 0.1) is 5.56 Å². The largest absolute Gasteiger partial charge is 0.480 e. The van der Waals surface area contributed by atoms with Crippen molar-refractivity contribution < 1.29 is 19.8 Å². The summed E-state index contributed by atoms with van der Waals surface area (Å²) in [6.07, 6.45) is 0.497. The predicted octanol–water partition coefficient (Wildman–Crippen LogP) is 2.34. The summed E-state index contributed by atoms with van der Waals surface area (Å²) >= 11 is 1.17. The molecule has 0 heterocycles. The first-order chi connectivity index (χ1) is 7.54. The number of benzene rings is 1. The third-order valence-electron chi connectivity index (χ3n) is 2.01. The van der Waals surface area contributed by atoms with Gasteiger partial charge in [0.25, 0.3) is 0 Å². The summed E-state index contributed by atoms with van der Waals surface area (Å²) in [6.45, 7) is 1.78. The Bertz CT molecular complexity index is 403. The molecule has 0 radical (unpaired) electrons. The van der Waals surface area contributed by atoms with Gasteiger partial charge < -0.3 is 10.2 Å². The lowest BCUT2D eigenvalue weighted by Crippen LogP contribution is -2.14. The van der Waals surface area contributed by atoms with Gasteiger partial charge >= 0.3 is 11.9 Å². The lowest BCUT2D eigenvalue weighted by molar-refractivity contribution is -0.136. The number of aromatic carboxylic acids is 1. The molecule has 0 aliphatic rings. The van der Waals surface area contributed by atoms with Crippen LogP contribution in [0.25, 0.3) is 0 Å². The molecule has 0 fully saturated rings. The van der Waals surface area contributed by atoms with Crippen LogP contribution in [0.1, 0.15) is 23.7 Å². The minimum Gasteiger partial charge on any atom is -0.480 e. The van der Waals surface area contributed by atoms with Crippen molar-refractivity contribution in [1.82, 2.24) is 0 Å². The molecule has 86 valence electrons. The zero-order valence-corrected chi connectivity index (χ0v) is 9.53. The molecule has 2 N–H and O–H groups in total. The minimum absolute atomic E-state index is 0.172. The topological polar surface area (TPSA) is 74.6 Å². The van der Waals surface area contributed by atoms with Crippen molar-refractivity contribution in [3.63, 3.8) is 0 Å². The molecule has 1 aromatic rings. The Balaban J connectivity index is 2.84. The maximum atomic E-state index is 10.8. The van der Waals surface area contributed by atoms with Crippen molar-refractivity contribution in [2.24, 2.45) is 0 Å². The van der Waals surface area contributed by atoms with Gasteiger partial charge in [-0.2, -0.15) is 0 Å². The molecule has 0 aliphatic heterocycles. The number of thioether (sulfide) groups is 1. The van der Waals surface area contributed by atoms with Crippen LogP contribution in [-0.4, -0.2) is 27.4 Å². The number of hydrogen-bond acceptors (Lipinski definition) is 3. The van der Waals surface area contributed by atoms with Gasteiger partial charge in [-0.05, 0) is 24.6 Å². The molecule has 0 aromatic heterocycles. The Morgan fingerprint density at radius 1 is 1.38 bits per heavy atom. The highest BCUT2D eigenvalue weighted by atomic mass is 32.2. The molecule has 0 saturated carbocycles. The summed E-state index contributed by atoms with van der Waals surface area (Å²) in [4.78, 5) is 22.2. The summed E-state index contributed by atoms with van der Waals surface area (Å²) in [6, 6.07) is 6.29. The van der Waals surface area contributed by atoms with Crippen molar-refractivity contribution in [2.75, 3.05) is 0 Å². The van der Waals surface area contributed by atoms with E-state index in [1.807, 2.05) is 0 Å². The molecule has 0 aliphatic carbocycles. The molecule has 0 spiro atoms. The van der Waals surface area contributed by atoms with E-state index >= 15 is 0 Å². The van der Waals surface area contributed by atoms with E-state index in [1.165, 1.54) is 23.9 Å². The van der Waals surface area contributed by atoms with E-state index in [0.29, 0.717) is 11.3 Å². The summed E-state index contributed by atoms with van der Waals surface area (Å²) < 4.78 is 0. The molecule has 4 nitrogen and oxygen atoms in total. The third-order valence-corrected chi connectivity index (χ3v) is 3.35. The molecular formula is C11H12O4S. The highest BCUT2D eigenvalue weighted by Gasteiger charge is 2.16. The van der Waals surface area contributed by atoms with Gasteiger partial charge in [0, 0.05) is 4.90 Å². The van der Waals surface area contributed by atoms with Gasteiger partial charge in [-0.3, -0.25) is 4.79 Å². The molecule has 1 atom stereocenters. The molecule has 0 bridgehead atoms. The van der Waals surface area contributed by atoms with Gasteiger partial charge in [-0.15, -0.1) is 11.8 Å². The van der Waals surface area contributed by atoms with Crippen molar-refractivity contribution in [3.8, 4) is 0 Å². The van der Waals surface area contributed by atoms with Gasteiger partial charge in [-0.25, -0.2) is 4.79 Å². The summed E-state index contributed by atoms with van der Waals surface area (Å²) in [7, 11) is 0. The van der Waals surface area contributed by atoms with Crippen molar-refractivity contribution >= 4 is 23.7 Å². The molecule has 0 unspecified atom stereocenters. The normalized spacial score (nSPS) is 12.1. The van der Waals surface area contributed by atoms with Crippen LogP contribution in [0.2, 0.25) is 0 Å². The Hall–Kier alpha value is -1.49. The second kappa shape index (κ2) is 5.55. The van der Waals surface area contributed by atoms with Crippen molar-refractivity contribution in [3.05, 3.63) is 29.8 Å². The molecule has 1 aromatic carbocycles. The average molecular weight is 240 g/mol. The number of carbonyl (C=O) groups is 2. The lowest BCUT2D eigenvalue weighted by Gasteiger charge is -2.09. The van der Waals surface area contributed by atoms with Gasteiger partial charge in [0.1, 0.15) is 5.25 Å². The number of hydrogen-bond donors (Lipinski definition) is 2. The van der Waals surface area contributed by atoms with E-state index in [-0.39, 0.29) is 5.56 Å². The van der Waals surface area contributed by atoms with Crippen LogP contribution in [0.15, 0.2) is 29.2 Å². The second-order valence-electron chi connectivity index (χ2n) is 3.19. The second-order valence-corrected chi connectivity index (χ2v) is 4.46. The minimum atomic E-state index is -1.01. The SMILES string of the molecule is CC[C@@H](Sc1cccc(C(=O)O)c1)C(=O)O. The number of carboxylic acid groups (broad SMARTS) is 2. The first kappa shape index (κ1) is 12.6. The summed E-state index contributed by atoms with van der Waals surface area (Å²) in [5.41, 5.74) is 0.172. The Kier molecular flexibility index (Phi) is 4.37. The molecule has 16 heavy (non-hydrogen) atoms. The first-order valence-electron chi connectivity index (χ1n) is 4.77. The zero-order chi connectivity index (χ0) is 12.1. The lowest BCUT2D eigenvalue weighted by atomic mass is 10.2. The quantitative estimate of drug-likeness (QED) is 0.773. The zero-order valence-electron chi connectivity index (χ0n) is 8.71. The van der Waals surface area contributed by atoms with E-state index in [2.05, 4.69) is 0 Å². The monoisotopic (exact) mass is 240 g/mol. The summed E-state index contributed by atoms with van der Waals surface area (Å²) in [5, 5.41) is 17.1.